The average molecular weight is 254 g/mol. The number of hydrogen-bond acceptors (Lipinski definition) is 2. The third-order valence-electron chi connectivity index (χ3n) is 4.91. The molecule has 3 atom stereocenters. The lowest BCUT2D eigenvalue weighted by Crippen LogP contribution is -2.47. The Kier molecular flexibility index (Phi) is 6.13. The molecule has 108 valence electrons. The summed E-state index contributed by atoms with van der Waals surface area (Å²) in [6.45, 7) is 11.5. The minimum Gasteiger partial charge on any atom is -0.330 e. The Bertz CT molecular complexity index is 232. The lowest BCUT2D eigenvalue weighted by atomic mass is 9.67. The number of hydrogen-bond donors (Lipinski definition) is 1. The van der Waals surface area contributed by atoms with Crippen molar-refractivity contribution < 1.29 is 0 Å². The van der Waals surface area contributed by atoms with Crippen LogP contribution in [0, 0.1) is 17.3 Å². The molecule has 0 aromatic carbocycles. The quantitative estimate of drug-likeness (QED) is 0.813. The molecule has 1 rings (SSSR count). The maximum absolute atomic E-state index is 5.99. The highest BCUT2D eigenvalue weighted by atomic mass is 15.1. The van der Waals surface area contributed by atoms with Gasteiger partial charge < -0.3 is 10.6 Å². The summed E-state index contributed by atoms with van der Waals surface area (Å²) in [5.74, 6) is 1.57. The van der Waals surface area contributed by atoms with Crippen molar-refractivity contribution >= 4 is 0 Å². The molecule has 1 aliphatic rings. The van der Waals surface area contributed by atoms with E-state index in [2.05, 4.69) is 39.6 Å². The van der Waals surface area contributed by atoms with Gasteiger partial charge in [-0.15, -0.1) is 0 Å². The molecule has 0 aromatic heterocycles. The van der Waals surface area contributed by atoms with Crippen LogP contribution < -0.4 is 5.73 Å². The van der Waals surface area contributed by atoms with E-state index in [4.69, 9.17) is 5.73 Å². The molecule has 2 nitrogen and oxygen atoms in total. The summed E-state index contributed by atoms with van der Waals surface area (Å²) < 4.78 is 0. The molecule has 0 aliphatic heterocycles. The number of nitrogens with two attached hydrogens (primary N) is 1. The Labute approximate surface area is 114 Å². The van der Waals surface area contributed by atoms with Gasteiger partial charge in [0.05, 0.1) is 0 Å². The lowest BCUT2D eigenvalue weighted by molar-refractivity contribution is 0.0586. The van der Waals surface area contributed by atoms with E-state index < -0.39 is 0 Å². The first-order valence-corrected chi connectivity index (χ1v) is 7.80. The highest BCUT2D eigenvalue weighted by Gasteiger charge is 2.36. The Morgan fingerprint density at radius 3 is 2.39 bits per heavy atom. The predicted molar refractivity (Wildman–Crippen MR) is 80.7 cm³/mol. The van der Waals surface area contributed by atoms with E-state index in [1.807, 2.05) is 0 Å². The van der Waals surface area contributed by atoms with Gasteiger partial charge in [-0.2, -0.15) is 0 Å². The summed E-state index contributed by atoms with van der Waals surface area (Å²) in [6.07, 6.45) is 6.62. The fourth-order valence-corrected chi connectivity index (χ4v) is 3.38. The summed E-state index contributed by atoms with van der Waals surface area (Å²) in [4.78, 5) is 2.58. The van der Waals surface area contributed by atoms with Crippen LogP contribution in [-0.4, -0.2) is 31.1 Å². The molecule has 0 amide bonds. The molecule has 2 N–H and O–H groups in total. The Morgan fingerprint density at radius 1 is 1.22 bits per heavy atom. The van der Waals surface area contributed by atoms with Gasteiger partial charge in [-0.3, -0.25) is 0 Å². The number of nitrogens with zero attached hydrogens (tertiary/aromatic N) is 1. The van der Waals surface area contributed by atoms with E-state index in [0.717, 1.165) is 12.5 Å². The molecule has 1 fully saturated rings. The summed E-state index contributed by atoms with van der Waals surface area (Å²) in [5, 5.41) is 0. The molecule has 0 saturated heterocycles. The second kappa shape index (κ2) is 6.91. The molecule has 2 heteroatoms. The van der Waals surface area contributed by atoms with Crippen LogP contribution in [0.4, 0.5) is 0 Å². The molecular formula is C16H34N2. The Morgan fingerprint density at radius 2 is 1.89 bits per heavy atom. The van der Waals surface area contributed by atoms with Crippen molar-refractivity contribution in [3.63, 3.8) is 0 Å². The van der Waals surface area contributed by atoms with E-state index in [1.165, 1.54) is 38.6 Å². The third kappa shape index (κ3) is 4.24. The minimum absolute atomic E-state index is 0.448. The summed E-state index contributed by atoms with van der Waals surface area (Å²) in [7, 11) is 2.30. The monoisotopic (exact) mass is 254 g/mol. The smallest absolute Gasteiger partial charge is 0.0135 e. The molecule has 0 heterocycles. The topological polar surface area (TPSA) is 29.3 Å². The second-order valence-corrected chi connectivity index (χ2v) is 7.27. The maximum atomic E-state index is 5.99. The zero-order chi connectivity index (χ0) is 13.8. The van der Waals surface area contributed by atoms with Crippen molar-refractivity contribution in [3.8, 4) is 0 Å². The van der Waals surface area contributed by atoms with Gasteiger partial charge in [-0.05, 0) is 63.1 Å². The lowest BCUT2D eigenvalue weighted by Gasteiger charge is -2.45. The van der Waals surface area contributed by atoms with Gasteiger partial charge >= 0.3 is 0 Å². The van der Waals surface area contributed by atoms with E-state index in [1.54, 1.807) is 0 Å². The van der Waals surface area contributed by atoms with Crippen molar-refractivity contribution in [3.05, 3.63) is 0 Å². The first-order valence-electron chi connectivity index (χ1n) is 7.80. The predicted octanol–water partition coefficient (Wildman–Crippen LogP) is 3.51. The number of unbranched alkanes of at least 4 members (excludes halogenated alkanes) is 1. The molecule has 0 bridgehead atoms. The van der Waals surface area contributed by atoms with E-state index in [9.17, 15) is 0 Å². The molecule has 18 heavy (non-hydrogen) atoms. The Balaban J connectivity index is 2.64. The van der Waals surface area contributed by atoms with Crippen LogP contribution in [0.3, 0.4) is 0 Å². The molecular weight excluding hydrogens is 220 g/mol. The van der Waals surface area contributed by atoms with Gasteiger partial charge in [0.2, 0.25) is 0 Å². The first kappa shape index (κ1) is 16.0. The fraction of sp³-hybridized carbons (Fsp3) is 1.00. The summed E-state index contributed by atoms with van der Waals surface area (Å²) in [5.41, 5.74) is 6.44. The SMILES string of the molecule is CCCCN(C)C1CC(C(C)(C)C)CCC1CN. The summed E-state index contributed by atoms with van der Waals surface area (Å²) in [6, 6.07) is 0.708. The molecule has 3 unspecified atom stereocenters. The number of rotatable bonds is 5. The Hall–Kier alpha value is -0.0800. The second-order valence-electron chi connectivity index (χ2n) is 7.27. The van der Waals surface area contributed by atoms with Crippen molar-refractivity contribution in [2.45, 2.75) is 65.8 Å². The van der Waals surface area contributed by atoms with Gasteiger partial charge in [-0.1, -0.05) is 34.1 Å². The molecule has 1 saturated carbocycles. The fourth-order valence-electron chi connectivity index (χ4n) is 3.38. The van der Waals surface area contributed by atoms with Crippen molar-refractivity contribution in [1.29, 1.82) is 0 Å². The highest BCUT2D eigenvalue weighted by molar-refractivity contribution is 4.90. The zero-order valence-corrected chi connectivity index (χ0v) is 13.2. The van der Waals surface area contributed by atoms with Crippen molar-refractivity contribution in [2.75, 3.05) is 20.1 Å². The van der Waals surface area contributed by atoms with Gasteiger partial charge in [-0.25, -0.2) is 0 Å². The van der Waals surface area contributed by atoms with Crippen LogP contribution in [0.5, 0.6) is 0 Å². The molecule has 0 aromatic rings. The van der Waals surface area contributed by atoms with Gasteiger partial charge in [0, 0.05) is 6.04 Å². The van der Waals surface area contributed by atoms with Gasteiger partial charge in [0.25, 0.3) is 0 Å². The van der Waals surface area contributed by atoms with Gasteiger partial charge in [0.1, 0.15) is 0 Å². The highest BCUT2D eigenvalue weighted by Crippen LogP contribution is 2.41. The van der Waals surface area contributed by atoms with Crippen molar-refractivity contribution in [1.82, 2.24) is 4.90 Å². The van der Waals surface area contributed by atoms with E-state index in [-0.39, 0.29) is 0 Å². The largest absolute Gasteiger partial charge is 0.330 e. The normalized spacial score (nSPS) is 29.8. The van der Waals surface area contributed by atoms with E-state index >= 15 is 0 Å². The molecule has 0 spiro atoms. The molecule has 0 radical (unpaired) electrons. The minimum atomic E-state index is 0.448. The first-order chi connectivity index (χ1) is 8.40. The van der Waals surface area contributed by atoms with Gasteiger partial charge in [0.15, 0.2) is 0 Å². The van der Waals surface area contributed by atoms with Crippen LogP contribution in [0.25, 0.3) is 0 Å². The van der Waals surface area contributed by atoms with Crippen LogP contribution in [0.1, 0.15) is 59.8 Å². The van der Waals surface area contributed by atoms with Crippen LogP contribution in [0.2, 0.25) is 0 Å². The standard InChI is InChI=1S/C16H34N2/c1-6-7-10-18(5)15-11-14(16(2,3)4)9-8-13(15)12-17/h13-15H,6-12,17H2,1-5H3. The maximum Gasteiger partial charge on any atom is 0.0135 e. The third-order valence-corrected chi connectivity index (χ3v) is 4.91. The summed E-state index contributed by atoms with van der Waals surface area (Å²) >= 11 is 0. The average Bonchev–Trinajstić information content (AvgIpc) is 2.34. The van der Waals surface area contributed by atoms with Crippen LogP contribution in [0.15, 0.2) is 0 Å². The van der Waals surface area contributed by atoms with E-state index in [0.29, 0.717) is 17.4 Å². The zero-order valence-electron chi connectivity index (χ0n) is 13.2. The van der Waals surface area contributed by atoms with Crippen LogP contribution in [-0.2, 0) is 0 Å². The van der Waals surface area contributed by atoms with Crippen molar-refractivity contribution in [2.24, 2.45) is 23.0 Å². The molecule has 1 aliphatic carbocycles. The van der Waals surface area contributed by atoms with Crippen LogP contribution >= 0.6 is 0 Å².